The van der Waals surface area contributed by atoms with Crippen molar-refractivity contribution in [3.8, 4) is 0 Å². The first-order valence-corrected chi connectivity index (χ1v) is 14.1. The summed E-state index contributed by atoms with van der Waals surface area (Å²) >= 11 is 1.90. The lowest BCUT2D eigenvalue weighted by molar-refractivity contribution is -0.138. The zero-order chi connectivity index (χ0) is 28.2. The molecule has 0 N–H and O–H groups in total. The number of thiazole rings is 1. The van der Waals surface area contributed by atoms with Crippen LogP contribution in [-0.2, 0) is 31.8 Å². The molecule has 208 valence electrons. The number of halogens is 3. The van der Waals surface area contributed by atoms with Crippen LogP contribution < -0.4 is 9.77 Å². The highest BCUT2D eigenvalue weighted by Crippen LogP contribution is 2.54. The summed E-state index contributed by atoms with van der Waals surface area (Å²) < 4.78 is 46.9. The third-order valence-corrected chi connectivity index (χ3v) is 9.79. The van der Waals surface area contributed by atoms with Gasteiger partial charge in [-0.3, -0.25) is 28.7 Å². The minimum atomic E-state index is -4.66. The second kappa shape index (κ2) is 10.2. The van der Waals surface area contributed by atoms with Crippen LogP contribution in [0.3, 0.4) is 0 Å². The van der Waals surface area contributed by atoms with Gasteiger partial charge in [0.15, 0.2) is 0 Å². The van der Waals surface area contributed by atoms with Gasteiger partial charge in [-0.2, -0.15) is 13.2 Å². The van der Waals surface area contributed by atoms with Crippen molar-refractivity contribution in [2.24, 2.45) is 5.92 Å². The molecule has 3 aromatic rings. The number of benzene rings is 1. The molecule has 1 aromatic carbocycles. The lowest BCUT2D eigenvalue weighted by Crippen LogP contribution is -2.43. The fourth-order valence-corrected chi connectivity index (χ4v) is 8.07. The van der Waals surface area contributed by atoms with Crippen molar-refractivity contribution in [3.63, 3.8) is 0 Å². The number of ether oxygens (including phenoxy) is 1. The molecule has 3 amide bonds. The van der Waals surface area contributed by atoms with Crippen LogP contribution in [0, 0.1) is 5.92 Å². The van der Waals surface area contributed by atoms with Crippen molar-refractivity contribution < 1.29 is 32.3 Å². The highest BCUT2D eigenvalue weighted by Gasteiger charge is 2.57. The van der Waals surface area contributed by atoms with Crippen molar-refractivity contribution in [1.29, 1.82) is 0 Å². The predicted octanol–water partition coefficient (Wildman–Crippen LogP) is 2.98. The number of alkyl halides is 3. The molecule has 0 aliphatic carbocycles. The molecule has 3 aliphatic rings. The van der Waals surface area contributed by atoms with Gasteiger partial charge in [-0.1, -0.05) is 35.2 Å². The number of imide groups is 1. The van der Waals surface area contributed by atoms with E-state index in [-0.39, 0.29) is 18.1 Å². The number of hydrogen-bond donors (Lipinski definition) is 0. The molecule has 0 unspecified atom stereocenters. The summed E-state index contributed by atoms with van der Waals surface area (Å²) in [6.07, 6.45) is -1.57. The first-order valence-electron chi connectivity index (χ1n) is 12.4. The number of anilines is 1. The molecule has 5 heterocycles. The lowest BCUT2D eigenvalue weighted by Gasteiger charge is -2.31. The van der Waals surface area contributed by atoms with Crippen molar-refractivity contribution in [1.82, 2.24) is 14.5 Å². The Morgan fingerprint density at radius 1 is 1.07 bits per heavy atom. The highest BCUT2D eigenvalue weighted by atomic mass is 32.2. The molecule has 0 saturated carbocycles. The molecule has 40 heavy (non-hydrogen) atoms. The molecule has 0 radical (unpaired) electrons. The van der Waals surface area contributed by atoms with Crippen LogP contribution in [0.15, 0.2) is 58.6 Å². The van der Waals surface area contributed by atoms with E-state index in [0.717, 1.165) is 46.2 Å². The summed E-state index contributed by atoms with van der Waals surface area (Å²) in [6.45, 7) is 1.34. The Labute approximate surface area is 233 Å². The van der Waals surface area contributed by atoms with E-state index in [1.807, 2.05) is 0 Å². The van der Waals surface area contributed by atoms with E-state index in [9.17, 15) is 32.3 Å². The van der Waals surface area contributed by atoms with E-state index >= 15 is 0 Å². The third-order valence-electron chi connectivity index (χ3n) is 7.18. The van der Waals surface area contributed by atoms with Gasteiger partial charge in [-0.05, 0) is 29.8 Å². The third kappa shape index (κ3) is 4.53. The molecule has 2 aromatic heterocycles. The quantitative estimate of drug-likeness (QED) is 0.431. The number of morpholine rings is 1. The van der Waals surface area contributed by atoms with Gasteiger partial charge in [0.1, 0.15) is 11.8 Å². The Balaban J connectivity index is 1.42. The smallest absolute Gasteiger partial charge is 0.378 e. The maximum atomic E-state index is 13.8. The van der Waals surface area contributed by atoms with E-state index in [0.29, 0.717) is 41.8 Å². The number of hydrogen-bond acceptors (Lipinski definition) is 8. The van der Waals surface area contributed by atoms with Crippen LogP contribution in [0.5, 0.6) is 0 Å². The van der Waals surface area contributed by atoms with Crippen molar-refractivity contribution in [3.05, 3.63) is 74.5 Å². The molecule has 0 bridgehead atoms. The monoisotopic (exact) mass is 590 g/mol. The number of carbonyl (C=O) groups excluding carboxylic acids is 3. The summed E-state index contributed by atoms with van der Waals surface area (Å²) in [4.78, 5) is 60.4. The number of thioether (sulfide) groups is 1. The average Bonchev–Trinajstić information content (AvgIpc) is 3.39. The minimum Gasteiger partial charge on any atom is -0.378 e. The first kappa shape index (κ1) is 26.7. The standard InChI is InChI=1S/C26H21F3N4O5S2/c27-26(28,29)15-4-1-5-16(11-15)33-22(35)19-18(14-3-2-6-30-12-14)21-24(39-20(19)23(33)36)32(25(37)40-21)13-17(34)31-7-9-38-10-8-31/h1-6,11-12,18-20H,7-10,13H2/t18-,19-,20+/m0/s1. The van der Waals surface area contributed by atoms with Crippen LogP contribution >= 0.6 is 23.1 Å². The van der Waals surface area contributed by atoms with Crippen molar-refractivity contribution >= 4 is 46.5 Å². The Kier molecular flexibility index (Phi) is 6.79. The van der Waals surface area contributed by atoms with Crippen LogP contribution in [0.2, 0.25) is 0 Å². The van der Waals surface area contributed by atoms with Crippen LogP contribution in [0.4, 0.5) is 18.9 Å². The van der Waals surface area contributed by atoms with E-state index in [2.05, 4.69) is 4.98 Å². The number of amides is 3. The zero-order valence-corrected chi connectivity index (χ0v) is 22.3. The van der Waals surface area contributed by atoms with Crippen molar-refractivity contribution in [2.75, 3.05) is 31.2 Å². The summed E-state index contributed by atoms with van der Waals surface area (Å²) in [6, 6.07) is 7.49. The van der Waals surface area contributed by atoms with Gasteiger partial charge in [-0.25, -0.2) is 4.90 Å². The van der Waals surface area contributed by atoms with E-state index in [4.69, 9.17) is 4.74 Å². The second-order valence-electron chi connectivity index (χ2n) is 9.50. The number of carbonyl (C=O) groups is 3. The average molecular weight is 591 g/mol. The summed E-state index contributed by atoms with van der Waals surface area (Å²) in [5.41, 5.74) is -0.571. The Morgan fingerprint density at radius 3 is 2.55 bits per heavy atom. The Hall–Kier alpha value is -3.49. The first-order chi connectivity index (χ1) is 19.1. The van der Waals surface area contributed by atoms with E-state index in [1.54, 1.807) is 29.4 Å². The van der Waals surface area contributed by atoms with Gasteiger partial charge >= 0.3 is 11.0 Å². The van der Waals surface area contributed by atoms with Gasteiger partial charge in [0, 0.05) is 36.3 Å². The SMILES string of the molecule is O=C(Cn1c2c(sc1=O)[C@@H](c1cccnc1)[C@@H]1C(=O)N(c3cccc(C(F)(F)F)c3)C(=O)[C@@H]1S2)N1CCOCC1. The molecule has 2 saturated heterocycles. The van der Waals surface area contributed by atoms with E-state index in [1.165, 1.54) is 10.6 Å². The Bertz CT molecular complexity index is 1550. The number of fused-ring (bicyclic) bond motifs is 2. The molecule has 14 heteroatoms. The molecule has 3 atom stereocenters. The molecule has 2 fully saturated rings. The summed E-state index contributed by atoms with van der Waals surface area (Å²) in [5, 5.41) is -0.614. The minimum absolute atomic E-state index is 0.173. The van der Waals surface area contributed by atoms with E-state index < -0.39 is 45.5 Å². The number of pyridine rings is 1. The fraction of sp³-hybridized carbons (Fsp3) is 0.346. The van der Waals surface area contributed by atoms with Crippen LogP contribution in [-0.4, -0.2) is 63.7 Å². The Morgan fingerprint density at radius 2 is 1.85 bits per heavy atom. The topological polar surface area (TPSA) is 102 Å². The number of rotatable bonds is 4. The van der Waals surface area contributed by atoms with Crippen LogP contribution in [0.25, 0.3) is 0 Å². The summed E-state index contributed by atoms with van der Waals surface area (Å²) in [7, 11) is 0. The van der Waals surface area contributed by atoms with Crippen LogP contribution in [0.1, 0.15) is 21.9 Å². The number of nitrogens with zero attached hydrogens (tertiary/aromatic N) is 4. The van der Waals surface area contributed by atoms with Gasteiger partial charge in [-0.15, -0.1) is 0 Å². The van der Waals surface area contributed by atoms with Gasteiger partial charge in [0.2, 0.25) is 17.7 Å². The molecule has 3 aliphatic heterocycles. The molecule has 9 nitrogen and oxygen atoms in total. The van der Waals surface area contributed by atoms with Gasteiger partial charge in [0.05, 0.1) is 35.4 Å². The predicted molar refractivity (Wildman–Crippen MR) is 139 cm³/mol. The fourth-order valence-electron chi connectivity index (χ4n) is 5.30. The largest absolute Gasteiger partial charge is 0.416 e. The van der Waals surface area contributed by atoms with Crippen molar-refractivity contribution in [2.45, 2.75) is 28.9 Å². The summed E-state index contributed by atoms with van der Waals surface area (Å²) in [5.74, 6) is -3.34. The highest BCUT2D eigenvalue weighted by molar-refractivity contribution is 8.00. The molecule has 0 spiro atoms. The normalized spacial score (nSPS) is 22.8. The lowest BCUT2D eigenvalue weighted by atomic mass is 9.84. The second-order valence-corrected chi connectivity index (χ2v) is 11.6. The maximum absolute atomic E-state index is 13.8. The maximum Gasteiger partial charge on any atom is 0.416 e. The molecular formula is C26H21F3N4O5S2. The zero-order valence-electron chi connectivity index (χ0n) is 20.7. The molecular weight excluding hydrogens is 569 g/mol. The molecule has 6 rings (SSSR count). The van der Waals surface area contributed by atoms with Gasteiger partial charge in [0.25, 0.3) is 0 Å². The number of aromatic nitrogens is 2. The van der Waals surface area contributed by atoms with Gasteiger partial charge < -0.3 is 9.64 Å².